The van der Waals surface area contributed by atoms with Crippen molar-refractivity contribution in [2.45, 2.75) is 51.6 Å². The Morgan fingerprint density at radius 1 is 1.53 bits per heavy atom. The molecule has 15 heavy (non-hydrogen) atoms. The molecule has 0 aliphatic carbocycles. The van der Waals surface area contributed by atoms with Crippen LogP contribution >= 0.6 is 0 Å². The quantitative estimate of drug-likeness (QED) is 0.704. The van der Waals surface area contributed by atoms with E-state index in [9.17, 15) is 4.79 Å². The van der Waals surface area contributed by atoms with Crippen LogP contribution in [0.5, 0.6) is 0 Å². The first-order valence-electron chi connectivity index (χ1n) is 5.59. The van der Waals surface area contributed by atoms with Crippen molar-refractivity contribution < 1.29 is 9.90 Å². The normalized spacial score (nSPS) is 22.2. The number of carboxylic acids is 1. The van der Waals surface area contributed by atoms with Crippen LogP contribution in [-0.2, 0) is 4.79 Å². The van der Waals surface area contributed by atoms with Crippen molar-refractivity contribution in [3.05, 3.63) is 0 Å². The summed E-state index contributed by atoms with van der Waals surface area (Å²) in [5.41, 5.74) is 0. The molecule has 1 unspecified atom stereocenters. The minimum absolute atomic E-state index is 0.450. The maximum absolute atomic E-state index is 10.3. The number of rotatable bonds is 2. The molecule has 0 spiro atoms. The molecule has 3 nitrogen and oxygen atoms in total. The van der Waals surface area contributed by atoms with Crippen molar-refractivity contribution in [1.82, 2.24) is 4.90 Å². The van der Waals surface area contributed by atoms with E-state index in [1.807, 2.05) is 0 Å². The number of nitrogens with zero attached hydrogens (tertiary/aromatic N) is 1. The van der Waals surface area contributed by atoms with E-state index in [1.165, 1.54) is 12.8 Å². The van der Waals surface area contributed by atoms with Gasteiger partial charge in [0, 0.05) is 24.4 Å². The summed E-state index contributed by atoms with van der Waals surface area (Å²) in [5, 5.41) is 8.43. The molecule has 1 atom stereocenters. The van der Waals surface area contributed by atoms with Gasteiger partial charge in [0.05, 0.1) is 0 Å². The van der Waals surface area contributed by atoms with E-state index in [2.05, 4.69) is 30.6 Å². The maximum atomic E-state index is 10.3. The highest BCUT2D eigenvalue weighted by atomic mass is 16.4. The molecule has 0 bridgehead atoms. The molecule has 1 saturated heterocycles. The largest absolute Gasteiger partial charge is 0.472 e. The summed E-state index contributed by atoms with van der Waals surface area (Å²) >= 11 is 0. The van der Waals surface area contributed by atoms with Gasteiger partial charge in [-0.3, -0.25) is 4.90 Å². The second kappa shape index (κ2) is 5.77. The van der Waals surface area contributed by atoms with Gasteiger partial charge >= 0.3 is 5.97 Å². The van der Waals surface area contributed by atoms with Gasteiger partial charge in [0.2, 0.25) is 0 Å². The zero-order chi connectivity index (χ0) is 11.3. The molecule has 1 aliphatic heterocycles. The van der Waals surface area contributed by atoms with Gasteiger partial charge in [0.15, 0.2) is 0 Å². The summed E-state index contributed by atoms with van der Waals surface area (Å²) in [4.78, 5) is 12.7. The second-order valence-corrected chi connectivity index (χ2v) is 4.29. The van der Waals surface area contributed by atoms with Crippen LogP contribution in [0.15, 0.2) is 0 Å². The first kappa shape index (κ1) is 12.1. The van der Waals surface area contributed by atoms with Crippen LogP contribution < -0.4 is 0 Å². The summed E-state index contributed by atoms with van der Waals surface area (Å²) in [6.45, 7) is 5.49. The van der Waals surface area contributed by atoms with Crippen molar-refractivity contribution in [3.8, 4) is 11.8 Å². The molecule has 1 fully saturated rings. The van der Waals surface area contributed by atoms with Crippen molar-refractivity contribution in [2.75, 3.05) is 6.54 Å². The predicted molar refractivity (Wildman–Crippen MR) is 59.5 cm³/mol. The van der Waals surface area contributed by atoms with Gasteiger partial charge < -0.3 is 5.11 Å². The van der Waals surface area contributed by atoms with Crippen LogP contribution in [0, 0.1) is 11.8 Å². The fourth-order valence-corrected chi connectivity index (χ4v) is 2.17. The Labute approximate surface area is 91.5 Å². The van der Waals surface area contributed by atoms with Crippen LogP contribution in [0.4, 0.5) is 0 Å². The molecule has 1 N–H and O–H groups in total. The summed E-state index contributed by atoms with van der Waals surface area (Å²) in [7, 11) is 0. The average molecular weight is 209 g/mol. The molecule has 0 aromatic carbocycles. The standard InChI is InChI=1S/C12H19NO2/c1-10(2)13-9-4-3-6-11(13)7-5-8-12(14)15/h10-11H,3-4,6-7,9H2,1-2H3,(H,14,15). The highest BCUT2D eigenvalue weighted by Gasteiger charge is 2.23. The number of hydrogen-bond donors (Lipinski definition) is 1. The fourth-order valence-electron chi connectivity index (χ4n) is 2.17. The van der Waals surface area contributed by atoms with Crippen LogP contribution in [0.2, 0.25) is 0 Å². The van der Waals surface area contributed by atoms with Crippen LogP contribution in [-0.4, -0.2) is 34.6 Å². The molecule has 0 aromatic rings. The minimum atomic E-state index is -1.03. The monoisotopic (exact) mass is 209 g/mol. The summed E-state index contributed by atoms with van der Waals surface area (Å²) < 4.78 is 0. The van der Waals surface area contributed by atoms with Crippen molar-refractivity contribution in [2.24, 2.45) is 0 Å². The molecule has 1 rings (SSSR count). The Balaban J connectivity index is 2.51. The molecule has 0 saturated carbocycles. The van der Waals surface area contributed by atoms with Gasteiger partial charge in [-0.15, -0.1) is 0 Å². The van der Waals surface area contributed by atoms with Gasteiger partial charge in [0.25, 0.3) is 0 Å². The van der Waals surface area contributed by atoms with Crippen LogP contribution in [0.25, 0.3) is 0 Å². The highest BCUT2D eigenvalue weighted by Crippen LogP contribution is 2.21. The third kappa shape index (κ3) is 3.93. The molecular weight excluding hydrogens is 190 g/mol. The Hall–Kier alpha value is -1.01. The number of carbonyl (C=O) groups is 1. The Morgan fingerprint density at radius 2 is 2.27 bits per heavy atom. The summed E-state index contributed by atoms with van der Waals surface area (Å²) in [5.74, 6) is 3.91. The number of likely N-dealkylation sites (tertiary alicyclic amines) is 1. The highest BCUT2D eigenvalue weighted by molar-refractivity contribution is 5.86. The molecular formula is C12H19NO2. The van der Waals surface area contributed by atoms with E-state index in [4.69, 9.17) is 5.11 Å². The Morgan fingerprint density at radius 3 is 2.87 bits per heavy atom. The molecule has 3 heteroatoms. The van der Waals surface area contributed by atoms with Gasteiger partial charge in [0.1, 0.15) is 0 Å². The van der Waals surface area contributed by atoms with Crippen molar-refractivity contribution in [3.63, 3.8) is 0 Å². The molecule has 1 heterocycles. The molecule has 0 radical (unpaired) electrons. The lowest BCUT2D eigenvalue weighted by molar-refractivity contribution is -0.130. The number of piperidine rings is 1. The smallest absolute Gasteiger partial charge is 0.381 e. The van der Waals surface area contributed by atoms with Gasteiger partial charge in [-0.05, 0) is 33.2 Å². The zero-order valence-corrected chi connectivity index (χ0v) is 9.49. The van der Waals surface area contributed by atoms with Crippen LogP contribution in [0.3, 0.4) is 0 Å². The van der Waals surface area contributed by atoms with E-state index in [0.29, 0.717) is 18.5 Å². The fraction of sp³-hybridized carbons (Fsp3) is 0.750. The van der Waals surface area contributed by atoms with E-state index >= 15 is 0 Å². The molecule has 84 valence electrons. The van der Waals surface area contributed by atoms with Crippen LogP contribution in [0.1, 0.15) is 39.5 Å². The third-order valence-corrected chi connectivity index (χ3v) is 2.87. The van der Waals surface area contributed by atoms with Crippen molar-refractivity contribution >= 4 is 5.97 Å². The lowest BCUT2D eigenvalue weighted by atomic mass is 9.98. The number of hydrogen-bond acceptors (Lipinski definition) is 2. The van der Waals surface area contributed by atoms with E-state index < -0.39 is 5.97 Å². The molecule has 0 aromatic heterocycles. The SMILES string of the molecule is CC(C)N1CCCCC1CC#CC(=O)O. The lowest BCUT2D eigenvalue weighted by Crippen LogP contribution is -2.43. The molecule has 0 amide bonds. The third-order valence-electron chi connectivity index (χ3n) is 2.87. The lowest BCUT2D eigenvalue weighted by Gasteiger charge is -2.37. The maximum Gasteiger partial charge on any atom is 0.381 e. The first-order valence-corrected chi connectivity index (χ1v) is 5.59. The predicted octanol–water partition coefficient (Wildman–Crippen LogP) is 1.73. The Kier molecular flexibility index (Phi) is 4.64. The molecule has 1 aliphatic rings. The van der Waals surface area contributed by atoms with Gasteiger partial charge in [-0.25, -0.2) is 4.79 Å². The average Bonchev–Trinajstić information content (AvgIpc) is 2.17. The number of carboxylic acid groups (broad SMARTS) is 1. The van der Waals surface area contributed by atoms with E-state index in [1.54, 1.807) is 0 Å². The summed E-state index contributed by atoms with van der Waals surface area (Å²) in [6.07, 6.45) is 4.32. The second-order valence-electron chi connectivity index (χ2n) is 4.29. The Bertz CT molecular complexity index is 275. The van der Waals surface area contributed by atoms with Crippen molar-refractivity contribution in [1.29, 1.82) is 0 Å². The topological polar surface area (TPSA) is 40.5 Å². The minimum Gasteiger partial charge on any atom is -0.472 e. The summed E-state index contributed by atoms with van der Waals surface area (Å²) in [6, 6.07) is 0.979. The van der Waals surface area contributed by atoms with Gasteiger partial charge in [-0.2, -0.15) is 0 Å². The van der Waals surface area contributed by atoms with E-state index in [0.717, 1.165) is 13.0 Å². The zero-order valence-electron chi connectivity index (χ0n) is 9.49. The van der Waals surface area contributed by atoms with Gasteiger partial charge in [-0.1, -0.05) is 12.3 Å². The number of aliphatic carboxylic acids is 1. The first-order chi connectivity index (χ1) is 7.11. The van der Waals surface area contributed by atoms with E-state index in [-0.39, 0.29) is 0 Å².